The molecule has 2 fully saturated rings. The topological polar surface area (TPSA) is 0 Å². The van der Waals surface area contributed by atoms with Crippen molar-refractivity contribution >= 4 is 0 Å². The van der Waals surface area contributed by atoms with Crippen molar-refractivity contribution in [3.05, 3.63) is 0 Å². The third kappa shape index (κ3) is 2.56. The lowest BCUT2D eigenvalue weighted by molar-refractivity contribution is -0.00644. The summed E-state index contributed by atoms with van der Waals surface area (Å²) < 4.78 is 0. The maximum absolute atomic E-state index is 2.63. The summed E-state index contributed by atoms with van der Waals surface area (Å²) in [5.41, 5.74) is 1.36. The van der Waals surface area contributed by atoms with Crippen LogP contribution in [-0.4, -0.2) is 0 Å². The van der Waals surface area contributed by atoms with E-state index in [1.54, 1.807) is 0 Å². The van der Waals surface area contributed by atoms with Gasteiger partial charge in [-0.05, 0) is 48.9 Å². The molecular weight excluding hydrogens is 204 g/mol. The molecule has 0 aromatic heterocycles. The highest BCUT2D eigenvalue weighted by Crippen LogP contribution is 2.58. The molecular formula is C17H32. The average molecular weight is 236 g/mol. The lowest BCUT2D eigenvalue weighted by Gasteiger charge is -2.51. The second-order valence-corrected chi connectivity index (χ2v) is 7.29. The molecule has 2 aliphatic rings. The first-order valence-electron chi connectivity index (χ1n) is 8.12. The van der Waals surface area contributed by atoms with E-state index in [1.807, 2.05) is 0 Å². The molecule has 0 radical (unpaired) electrons. The van der Waals surface area contributed by atoms with E-state index in [4.69, 9.17) is 0 Å². The van der Waals surface area contributed by atoms with Crippen LogP contribution in [0.5, 0.6) is 0 Å². The second-order valence-electron chi connectivity index (χ2n) is 7.29. The Morgan fingerprint density at radius 1 is 0.882 bits per heavy atom. The van der Waals surface area contributed by atoms with E-state index in [0.717, 1.165) is 5.92 Å². The predicted molar refractivity (Wildman–Crippen MR) is 76.2 cm³/mol. The highest BCUT2D eigenvalue weighted by atomic mass is 14.5. The molecule has 17 heavy (non-hydrogen) atoms. The molecule has 0 aliphatic heterocycles. The van der Waals surface area contributed by atoms with Crippen molar-refractivity contribution in [2.75, 3.05) is 0 Å². The highest BCUT2D eigenvalue weighted by molar-refractivity contribution is 4.97. The van der Waals surface area contributed by atoms with Gasteiger partial charge >= 0.3 is 0 Å². The van der Waals surface area contributed by atoms with Gasteiger partial charge in [0, 0.05) is 0 Å². The molecule has 0 heteroatoms. The number of rotatable bonds is 2. The number of hydrogen-bond donors (Lipinski definition) is 0. The van der Waals surface area contributed by atoms with Crippen molar-refractivity contribution in [2.45, 2.75) is 91.4 Å². The molecule has 2 rings (SSSR count). The van der Waals surface area contributed by atoms with Gasteiger partial charge in [0.15, 0.2) is 0 Å². The Morgan fingerprint density at radius 2 is 1.59 bits per heavy atom. The molecule has 2 unspecified atom stereocenters. The molecule has 100 valence electrons. The van der Waals surface area contributed by atoms with Gasteiger partial charge in [-0.3, -0.25) is 0 Å². The van der Waals surface area contributed by atoms with E-state index >= 15 is 0 Å². The number of hydrogen-bond acceptors (Lipinski definition) is 0. The van der Waals surface area contributed by atoms with Gasteiger partial charge < -0.3 is 0 Å². The zero-order valence-corrected chi connectivity index (χ0v) is 12.4. The van der Waals surface area contributed by atoms with E-state index in [1.165, 1.54) is 70.6 Å². The van der Waals surface area contributed by atoms with Gasteiger partial charge in [-0.25, -0.2) is 0 Å². The summed E-state index contributed by atoms with van der Waals surface area (Å²) in [6.07, 6.45) is 16.4. The molecule has 0 saturated heterocycles. The van der Waals surface area contributed by atoms with Gasteiger partial charge in [0.25, 0.3) is 0 Å². The minimum absolute atomic E-state index is 0.671. The Morgan fingerprint density at radius 3 is 2.24 bits per heavy atom. The molecule has 0 N–H and O–H groups in total. The fraction of sp³-hybridized carbons (Fsp3) is 1.00. The summed E-state index contributed by atoms with van der Waals surface area (Å²) in [6, 6.07) is 0. The fourth-order valence-electron chi connectivity index (χ4n) is 4.83. The summed E-state index contributed by atoms with van der Waals surface area (Å²) in [5, 5.41) is 0. The minimum Gasteiger partial charge on any atom is -0.0648 e. The van der Waals surface area contributed by atoms with Crippen LogP contribution in [0.4, 0.5) is 0 Å². The van der Waals surface area contributed by atoms with Crippen molar-refractivity contribution in [1.29, 1.82) is 0 Å². The van der Waals surface area contributed by atoms with Crippen LogP contribution in [0.1, 0.15) is 91.4 Å². The highest BCUT2D eigenvalue weighted by Gasteiger charge is 2.46. The van der Waals surface area contributed by atoms with Crippen LogP contribution in [0.2, 0.25) is 0 Å². The maximum atomic E-state index is 2.63. The normalized spacial score (nSPS) is 38.6. The van der Waals surface area contributed by atoms with E-state index in [0.29, 0.717) is 10.8 Å². The first-order valence-corrected chi connectivity index (χ1v) is 8.12. The van der Waals surface area contributed by atoms with Gasteiger partial charge in [0.2, 0.25) is 0 Å². The summed E-state index contributed by atoms with van der Waals surface area (Å²) in [6.45, 7) is 7.57. The van der Waals surface area contributed by atoms with Gasteiger partial charge in [-0.1, -0.05) is 59.3 Å². The first-order chi connectivity index (χ1) is 8.12. The Balaban J connectivity index is 2.16. The van der Waals surface area contributed by atoms with E-state index in [-0.39, 0.29) is 0 Å². The summed E-state index contributed by atoms with van der Waals surface area (Å²) in [5.74, 6) is 0.982. The van der Waals surface area contributed by atoms with E-state index < -0.39 is 0 Å². The summed E-state index contributed by atoms with van der Waals surface area (Å²) in [7, 11) is 0. The smallest absolute Gasteiger partial charge is 0.0246 e. The van der Waals surface area contributed by atoms with Gasteiger partial charge in [0.05, 0.1) is 0 Å². The maximum Gasteiger partial charge on any atom is -0.0246 e. The zero-order chi connectivity index (χ0) is 12.4. The van der Waals surface area contributed by atoms with E-state index in [2.05, 4.69) is 20.8 Å². The summed E-state index contributed by atoms with van der Waals surface area (Å²) in [4.78, 5) is 0. The van der Waals surface area contributed by atoms with Gasteiger partial charge in [0.1, 0.15) is 0 Å². The van der Waals surface area contributed by atoms with Crippen LogP contribution in [0.25, 0.3) is 0 Å². The van der Waals surface area contributed by atoms with Crippen molar-refractivity contribution in [3.63, 3.8) is 0 Å². The lowest BCUT2D eigenvalue weighted by Crippen LogP contribution is -2.41. The Hall–Kier alpha value is 0. The van der Waals surface area contributed by atoms with Crippen LogP contribution in [-0.2, 0) is 0 Å². The van der Waals surface area contributed by atoms with Crippen molar-refractivity contribution in [3.8, 4) is 0 Å². The zero-order valence-electron chi connectivity index (χ0n) is 12.4. The van der Waals surface area contributed by atoms with Gasteiger partial charge in [-0.15, -0.1) is 0 Å². The van der Waals surface area contributed by atoms with Crippen molar-refractivity contribution in [2.24, 2.45) is 16.7 Å². The molecule has 0 aromatic rings. The molecule has 0 heterocycles. The Labute approximate surface area is 109 Å². The fourth-order valence-corrected chi connectivity index (χ4v) is 4.83. The molecule has 2 saturated carbocycles. The molecule has 0 aromatic carbocycles. The monoisotopic (exact) mass is 236 g/mol. The standard InChI is InChI=1S/C17H32/c1-4-17(13-8-9-15(2)10-14-17)16(3)11-6-5-7-12-16/h15H,4-14H2,1-3H3. The van der Waals surface area contributed by atoms with Gasteiger partial charge in [-0.2, -0.15) is 0 Å². The molecule has 0 bridgehead atoms. The van der Waals surface area contributed by atoms with Crippen molar-refractivity contribution < 1.29 is 0 Å². The quantitative estimate of drug-likeness (QED) is 0.519. The van der Waals surface area contributed by atoms with Crippen LogP contribution in [0.3, 0.4) is 0 Å². The Kier molecular flexibility index (Phi) is 4.21. The van der Waals surface area contributed by atoms with Crippen LogP contribution < -0.4 is 0 Å². The molecule has 0 nitrogen and oxygen atoms in total. The van der Waals surface area contributed by atoms with Crippen molar-refractivity contribution in [1.82, 2.24) is 0 Å². The molecule has 0 spiro atoms. The average Bonchev–Trinajstić information content (AvgIpc) is 2.53. The Bertz CT molecular complexity index is 236. The third-order valence-electron chi connectivity index (χ3n) is 6.38. The molecule has 2 atom stereocenters. The third-order valence-corrected chi connectivity index (χ3v) is 6.38. The summed E-state index contributed by atoms with van der Waals surface area (Å²) >= 11 is 0. The molecule has 2 aliphatic carbocycles. The first kappa shape index (κ1) is 13.4. The largest absolute Gasteiger partial charge is 0.0648 e. The minimum atomic E-state index is 0.671. The molecule has 0 amide bonds. The van der Waals surface area contributed by atoms with E-state index in [9.17, 15) is 0 Å². The SMILES string of the molecule is CCC1(C2(C)CCCCC2)CCCC(C)CC1. The predicted octanol–water partition coefficient (Wildman–Crippen LogP) is 5.95. The second kappa shape index (κ2) is 5.33. The van der Waals surface area contributed by atoms with Crippen LogP contribution >= 0.6 is 0 Å². The van der Waals surface area contributed by atoms with Crippen LogP contribution in [0, 0.1) is 16.7 Å². The lowest BCUT2D eigenvalue weighted by atomic mass is 9.54. The van der Waals surface area contributed by atoms with Crippen LogP contribution in [0.15, 0.2) is 0 Å².